The molecule has 34 heavy (non-hydrogen) atoms. The van der Waals surface area contributed by atoms with Gasteiger partial charge in [0.15, 0.2) is 0 Å². The average Bonchev–Trinajstić information content (AvgIpc) is 3.26. The van der Waals surface area contributed by atoms with Gasteiger partial charge in [-0.15, -0.1) is 0 Å². The predicted molar refractivity (Wildman–Crippen MR) is 112 cm³/mol. The van der Waals surface area contributed by atoms with Gasteiger partial charge in [-0.2, -0.15) is 18.2 Å². The summed E-state index contributed by atoms with van der Waals surface area (Å²) in [6, 6.07) is 3.24. The summed E-state index contributed by atoms with van der Waals surface area (Å²) in [6.45, 7) is 0.0928. The number of carbonyl (C=O) groups excluding carboxylic acids is 1. The predicted octanol–water partition coefficient (Wildman–Crippen LogP) is 3.44. The Bertz CT molecular complexity index is 1040. The monoisotopic (exact) mass is 486 g/mol. The van der Waals surface area contributed by atoms with E-state index in [9.17, 15) is 26.7 Å². The van der Waals surface area contributed by atoms with Crippen molar-refractivity contribution in [2.75, 3.05) is 50.1 Å². The minimum atomic E-state index is -4.55. The van der Waals surface area contributed by atoms with Crippen molar-refractivity contribution in [3.8, 4) is 0 Å². The van der Waals surface area contributed by atoms with E-state index in [2.05, 4.69) is 20.3 Å². The van der Waals surface area contributed by atoms with Gasteiger partial charge in [-0.05, 0) is 18.6 Å². The molecule has 2 aliphatic heterocycles. The second-order valence-electron chi connectivity index (χ2n) is 8.31. The highest BCUT2D eigenvalue weighted by molar-refractivity contribution is 5.76. The van der Waals surface area contributed by atoms with Gasteiger partial charge in [-0.25, -0.2) is 18.7 Å². The summed E-state index contributed by atoms with van der Waals surface area (Å²) in [5, 5.41) is 2.73. The highest BCUT2D eigenvalue weighted by atomic mass is 19.4. The number of likely N-dealkylation sites (tertiary alicyclic amines) is 1. The molecule has 0 aromatic carbocycles. The number of amides is 1. The molecule has 1 atom stereocenters. The van der Waals surface area contributed by atoms with Crippen LogP contribution < -0.4 is 10.2 Å². The maximum absolute atomic E-state index is 13.4. The zero-order valence-corrected chi connectivity index (χ0v) is 18.3. The maximum Gasteiger partial charge on any atom is 0.416 e. The van der Waals surface area contributed by atoms with Crippen LogP contribution in [0, 0.1) is 0 Å². The van der Waals surface area contributed by atoms with E-state index in [1.54, 1.807) is 11.0 Å². The first-order chi connectivity index (χ1) is 16.0. The van der Waals surface area contributed by atoms with Crippen LogP contribution in [-0.2, 0) is 15.7 Å². The number of nitrogens with one attached hydrogen (secondary N) is 1. The van der Waals surface area contributed by atoms with Gasteiger partial charge in [0.05, 0.1) is 37.4 Å². The summed E-state index contributed by atoms with van der Waals surface area (Å²) in [5.74, 6) is -3.01. The molecule has 0 saturated carbocycles. The van der Waals surface area contributed by atoms with Crippen molar-refractivity contribution in [3.63, 3.8) is 0 Å². The largest absolute Gasteiger partial charge is 0.416 e. The Morgan fingerprint density at radius 1 is 1.24 bits per heavy atom. The molecule has 4 heterocycles. The van der Waals surface area contributed by atoms with E-state index < -0.39 is 30.8 Å². The number of hydrogen-bond acceptors (Lipinski definition) is 7. The molecule has 184 valence electrons. The Morgan fingerprint density at radius 2 is 2.00 bits per heavy atom. The smallest absolute Gasteiger partial charge is 0.384 e. The first kappa shape index (κ1) is 24.0. The average molecular weight is 486 g/mol. The fraction of sp³-hybridized carbons (Fsp3) is 0.524. The zero-order valence-electron chi connectivity index (χ0n) is 18.3. The standard InChI is InChI=1S/C21H23F5N6O2/c1-34-7-4-18(33)31-6-3-13(10-31)15-9-17(30-19(28-15)32-11-20(22,23)12-32)29-16-8-14(2-5-27-16)21(24,25)26/h2,5,8-9,13H,3-4,6-7,10-12H2,1H3,(H,27,28,29,30). The van der Waals surface area contributed by atoms with Crippen LogP contribution in [0.5, 0.6) is 0 Å². The molecule has 13 heteroatoms. The number of carbonyl (C=O) groups is 1. The topological polar surface area (TPSA) is 83.5 Å². The van der Waals surface area contributed by atoms with E-state index in [0.717, 1.165) is 18.3 Å². The lowest BCUT2D eigenvalue weighted by atomic mass is 10.0. The van der Waals surface area contributed by atoms with Crippen molar-refractivity contribution < 1.29 is 31.5 Å². The molecule has 2 aromatic rings. The minimum Gasteiger partial charge on any atom is -0.384 e. The summed E-state index contributed by atoms with van der Waals surface area (Å²) < 4.78 is 71.0. The SMILES string of the molecule is COCCC(=O)N1CCC(c2cc(Nc3cc(C(F)(F)F)ccn3)nc(N3CC(F)(F)C3)n2)C1. The third kappa shape index (κ3) is 5.51. The summed E-state index contributed by atoms with van der Waals surface area (Å²) in [6.07, 6.45) is -2.68. The molecule has 1 amide bonds. The number of rotatable bonds is 7. The summed E-state index contributed by atoms with van der Waals surface area (Å²) in [7, 11) is 1.51. The normalized spacial score (nSPS) is 19.8. The number of methoxy groups -OCH3 is 1. The second kappa shape index (κ2) is 9.28. The van der Waals surface area contributed by atoms with E-state index in [0.29, 0.717) is 31.8 Å². The van der Waals surface area contributed by atoms with Gasteiger partial charge in [-0.1, -0.05) is 0 Å². The molecule has 0 aliphatic carbocycles. The van der Waals surface area contributed by atoms with E-state index in [1.807, 2.05) is 0 Å². The Hall–Kier alpha value is -3.09. The number of ether oxygens (including phenoxy) is 1. The van der Waals surface area contributed by atoms with Crippen molar-refractivity contribution in [1.29, 1.82) is 0 Å². The third-order valence-electron chi connectivity index (χ3n) is 5.68. The molecule has 8 nitrogen and oxygen atoms in total. The molecule has 0 spiro atoms. The van der Waals surface area contributed by atoms with E-state index in [-0.39, 0.29) is 35.8 Å². The second-order valence-corrected chi connectivity index (χ2v) is 8.31. The van der Waals surface area contributed by atoms with Crippen LogP contribution in [0.1, 0.15) is 30.0 Å². The Balaban J connectivity index is 1.58. The molecule has 0 bridgehead atoms. The third-order valence-corrected chi connectivity index (χ3v) is 5.68. The van der Waals surface area contributed by atoms with Gasteiger partial charge in [0.25, 0.3) is 5.92 Å². The maximum atomic E-state index is 13.4. The fourth-order valence-electron chi connectivity index (χ4n) is 3.90. The highest BCUT2D eigenvalue weighted by Gasteiger charge is 2.45. The number of hydrogen-bond donors (Lipinski definition) is 1. The fourth-order valence-corrected chi connectivity index (χ4v) is 3.90. The zero-order chi connectivity index (χ0) is 24.5. The number of nitrogens with zero attached hydrogens (tertiary/aromatic N) is 5. The van der Waals surface area contributed by atoms with E-state index >= 15 is 0 Å². The van der Waals surface area contributed by atoms with Crippen molar-refractivity contribution in [3.05, 3.63) is 35.7 Å². The van der Waals surface area contributed by atoms with Gasteiger partial charge >= 0.3 is 6.18 Å². The summed E-state index contributed by atoms with van der Waals surface area (Å²) in [4.78, 5) is 27.9. The molecule has 1 N–H and O–H groups in total. The van der Waals surface area contributed by atoms with Crippen molar-refractivity contribution in [2.24, 2.45) is 0 Å². The molecule has 2 saturated heterocycles. The highest BCUT2D eigenvalue weighted by Crippen LogP contribution is 2.34. The van der Waals surface area contributed by atoms with Crippen LogP contribution in [0.15, 0.2) is 24.4 Å². The molecule has 2 aromatic heterocycles. The minimum absolute atomic E-state index is 0.0436. The molecule has 4 rings (SSSR count). The number of anilines is 3. The van der Waals surface area contributed by atoms with Crippen molar-refractivity contribution in [2.45, 2.75) is 30.9 Å². The lowest BCUT2D eigenvalue weighted by Crippen LogP contribution is -2.57. The number of alkyl halides is 5. The van der Waals surface area contributed by atoms with Crippen LogP contribution in [-0.4, -0.2) is 71.6 Å². The van der Waals surface area contributed by atoms with Crippen LogP contribution in [0.25, 0.3) is 0 Å². The molecular formula is C21H23F5N6O2. The van der Waals surface area contributed by atoms with E-state index in [4.69, 9.17) is 4.74 Å². The van der Waals surface area contributed by atoms with Gasteiger partial charge in [0.2, 0.25) is 11.9 Å². The summed E-state index contributed by atoms with van der Waals surface area (Å²) in [5.41, 5.74) is -0.375. The molecule has 0 radical (unpaired) electrons. The lowest BCUT2D eigenvalue weighted by molar-refractivity contribution is -0.137. The van der Waals surface area contributed by atoms with Crippen molar-refractivity contribution >= 4 is 23.5 Å². The summed E-state index contributed by atoms with van der Waals surface area (Å²) >= 11 is 0. The lowest BCUT2D eigenvalue weighted by Gasteiger charge is -2.38. The number of halogens is 5. The van der Waals surface area contributed by atoms with Gasteiger partial charge in [-0.3, -0.25) is 4.79 Å². The molecule has 2 fully saturated rings. The number of aromatic nitrogens is 3. The molecule has 2 aliphatic rings. The van der Waals surface area contributed by atoms with Gasteiger partial charge < -0.3 is 19.9 Å². The van der Waals surface area contributed by atoms with Gasteiger partial charge in [0.1, 0.15) is 11.6 Å². The Labute approximate surface area is 192 Å². The molecular weight excluding hydrogens is 463 g/mol. The van der Waals surface area contributed by atoms with E-state index in [1.165, 1.54) is 12.0 Å². The Morgan fingerprint density at radius 3 is 2.68 bits per heavy atom. The quantitative estimate of drug-likeness (QED) is 0.601. The molecule has 1 unspecified atom stereocenters. The van der Waals surface area contributed by atoms with Gasteiger partial charge in [0, 0.05) is 38.4 Å². The van der Waals surface area contributed by atoms with Crippen LogP contribution in [0.4, 0.5) is 39.5 Å². The first-order valence-electron chi connectivity index (χ1n) is 10.6. The number of pyridine rings is 1. The Kier molecular flexibility index (Phi) is 6.56. The van der Waals surface area contributed by atoms with Crippen LogP contribution in [0.3, 0.4) is 0 Å². The van der Waals surface area contributed by atoms with Crippen LogP contribution in [0.2, 0.25) is 0 Å². The first-order valence-corrected chi connectivity index (χ1v) is 10.6. The van der Waals surface area contributed by atoms with Crippen molar-refractivity contribution in [1.82, 2.24) is 19.9 Å². The van der Waals surface area contributed by atoms with Crippen LogP contribution >= 0.6 is 0 Å².